The molecule has 0 aromatic heterocycles. The van der Waals surface area contributed by atoms with Crippen LogP contribution in [0.2, 0.25) is 0 Å². The molecule has 3 aliphatic heterocycles. The molecule has 0 aromatic carbocycles. The van der Waals surface area contributed by atoms with Crippen LogP contribution in [-0.4, -0.2) is 94.6 Å². The van der Waals surface area contributed by atoms with Crippen molar-refractivity contribution in [1.82, 2.24) is 31.1 Å². The van der Waals surface area contributed by atoms with Crippen molar-refractivity contribution in [2.24, 2.45) is 0 Å². The molecule has 12 heteroatoms. The summed E-state index contributed by atoms with van der Waals surface area (Å²) in [7, 11) is 0. The van der Waals surface area contributed by atoms with Gasteiger partial charge < -0.3 is 31.1 Å². The molecule has 4 N–H and O–H groups in total. The smallest absolute Gasteiger partial charge is 0.246 e. The largest absolute Gasteiger partial charge is 0.343 e. The lowest BCUT2D eigenvalue weighted by atomic mass is 10.1. The van der Waals surface area contributed by atoms with Crippen molar-refractivity contribution < 1.29 is 28.8 Å². The van der Waals surface area contributed by atoms with Gasteiger partial charge in [-0.05, 0) is 53.4 Å². The highest BCUT2D eigenvalue weighted by molar-refractivity contribution is 5.98. The predicted molar refractivity (Wildman–Crippen MR) is 120 cm³/mol. The monoisotopic (exact) mass is 478 g/mol. The summed E-state index contributed by atoms with van der Waals surface area (Å²) < 4.78 is 0. The second-order valence-corrected chi connectivity index (χ2v) is 9.30. The van der Waals surface area contributed by atoms with Gasteiger partial charge in [0.25, 0.3) is 0 Å². The molecule has 0 bridgehead atoms. The van der Waals surface area contributed by atoms with Crippen molar-refractivity contribution in [3.05, 3.63) is 0 Å². The van der Waals surface area contributed by atoms with Crippen LogP contribution in [0, 0.1) is 0 Å². The zero-order valence-corrected chi connectivity index (χ0v) is 20.1. The first kappa shape index (κ1) is 25.4. The predicted octanol–water partition coefficient (Wildman–Crippen LogP) is -2.00. The molecule has 188 valence electrons. The second-order valence-electron chi connectivity index (χ2n) is 9.30. The number of rotatable bonds is 0. The first-order chi connectivity index (χ1) is 16.0. The summed E-state index contributed by atoms with van der Waals surface area (Å²) in [5.74, 6) is -2.84. The SMILES string of the molecule is C[C@@H]1NC(=O)[C@H](C)NC(=O)[C@H]2CCCN2C(=O)[C@H]2CCCN2C(=O)[C@H](C)NC(=O)[C@H](C)NC1=O. The molecule has 0 unspecified atom stereocenters. The van der Waals surface area contributed by atoms with Crippen LogP contribution < -0.4 is 21.3 Å². The fourth-order valence-corrected chi connectivity index (χ4v) is 4.61. The Bertz CT molecular complexity index is 878. The maximum Gasteiger partial charge on any atom is 0.246 e. The molecule has 6 atom stereocenters. The van der Waals surface area contributed by atoms with Gasteiger partial charge in [-0.2, -0.15) is 0 Å². The van der Waals surface area contributed by atoms with Crippen LogP contribution in [0.15, 0.2) is 0 Å². The topological polar surface area (TPSA) is 157 Å². The van der Waals surface area contributed by atoms with Crippen molar-refractivity contribution in [1.29, 1.82) is 0 Å². The minimum atomic E-state index is -0.963. The molecule has 3 fully saturated rings. The Labute approximate surface area is 198 Å². The highest BCUT2D eigenvalue weighted by Gasteiger charge is 2.43. The van der Waals surface area contributed by atoms with Gasteiger partial charge in [0.05, 0.1) is 0 Å². The van der Waals surface area contributed by atoms with E-state index in [2.05, 4.69) is 21.3 Å². The Morgan fingerprint density at radius 2 is 0.912 bits per heavy atom. The van der Waals surface area contributed by atoms with Gasteiger partial charge in [0.15, 0.2) is 0 Å². The van der Waals surface area contributed by atoms with E-state index >= 15 is 0 Å². The minimum Gasteiger partial charge on any atom is -0.343 e. The lowest BCUT2D eigenvalue weighted by molar-refractivity contribution is -0.148. The highest BCUT2D eigenvalue weighted by atomic mass is 16.2. The van der Waals surface area contributed by atoms with Crippen LogP contribution in [0.5, 0.6) is 0 Å². The van der Waals surface area contributed by atoms with Gasteiger partial charge in [0.1, 0.15) is 36.3 Å². The third-order valence-corrected chi connectivity index (χ3v) is 6.64. The average molecular weight is 479 g/mol. The van der Waals surface area contributed by atoms with Gasteiger partial charge in [-0.3, -0.25) is 28.8 Å². The number of amides is 6. The van der Waals surface area contributed by atoms with Crippen LogP contribution in [0.1, 0.15) is 53.4 Å². The van der Waals surface area contributed by atoms with Gasteiger partial charge in [0.2, 0.25) is 35.4 Å². The van der Waals surface area contributed by atoms with Crippen molar-refractivity contribution >= 4 is 35.4 Å². The van der Waals surface area contributed by atoms with Crippen molar-refractivity contribution in [2.45, 2.75) is 89.6 Å². The lowest BCUT2D eigenvalue weighted by Gasteiger charge is -2.33. The third kappa shape index (κ3) is 5.31. The van der Waals surface area contributed by atoms with E-state index in [1.54, 1.807) is 0 Å². The molecule has 3 aliphatic rings. The first-order valence-electron chi connectivity index (χ1n) is 11.8. The highest BCUT2D eigenvalue weighted by Crippen LogP contribution is 2.25. The van der Waals surface area contributed by atoms with Crippen molar-refractivity contribution in [3.8, 4) is 0 Å². The number of nitrogens with zero attached hydrogens (tertiary/aromatic N) is 2. The van der Waals surface area contributed by atoms with E-state index in [9.17, 15) is 28.8 Å². The summed E-state index contributed by atoms with van der Waals surface area (Å²) in [4.78, 5) is 79.9. The number of carbonyl (C=O) groups excluding carboxylic acids is 6. The normalized spacial score (nSPS) is 34.4. The van der Waals surface area contributed by atoms with Crippen LogP contribution in [-0.2, 0) is 28.8 Å². The van der Waals surface area contributed by atoms with Crippen molar-refractivity contribution in [3.63, 3.8) is 0 Å². The van der Waals surface area contributed by atoms with E-state index < -0.39 is 65.8 Å². The molecule has 3 heterocycles. The molecule has 6 amide bonds. The molecule has 0 saturated carbocycles. The van der Waals surface area contributed by atoms with Gasteiger partial charge in [-0.1, -0.05) is 0 Å². The number of hydrogen-bond acceptors (Lipinski definition) is 6. The summed E-state index contributed by atoms with van der Waals surface area (Å²) in [6, 6.07) is -5.22. The Balaban J connectivity index is 1.87. The molecule has 0 aliphatic carbocycles. The van der Waals surface area contributed by atoms with Gasteiger partial charge in [0, 0.05) is 13.1 Å². The maximum atomic E-state index is 13.4. The van der Waals surface area contributed by atoms with E-state index in [4.69, 9.17) is 0 Å². The molecule has 3 rings (SSSR count). The fraction of sp³-hybridized carbons (Fsp3) is 0.727. The van der Waals surface area contributed by atoms with Gasteiger partial charge >= 0.3 is 0 Å². The van der Waals surface area contributed by atoms with E-state index in [1.165, 1.54) is 37.5 Å². The second kappa shape index (κ2) is 10.4. The molecule has 0 spiro atoms. The first-order valence-corrected chi connectivity index (χ1v) is 11.8. The summed E-state index contributed by atoms with van der Waals surface area (Å²) >= 11 is 0. The van der Waals surface area contributed by atoms with Crippen LogP contribution >= 0.6 is 0 Å². The Kier molecular flexibility index (Phi) is 7.78. The molecular weight excluding hydrogens is 444 g/mol. The van der Waals surface area contributed by atoms with E-state index in [0.29, 0.717) is 38.8 Å². The Hall–Kier alpha value is -3.18. The van der Waals surface area contributed by atoms with E-state index in [0.717, 1.165) is 0 Å². The summed E-state index contributed by atoms with van der Waals surface area (Å²) in [5.41, 5.74) is 0. The number of fused-ring (bicyclic) bond motifs is 2. The van der Waals surface area contributed by atoms with Crippen molar-refractivity contribution in [2.75, 3.05) is 13.1 Å². The zero-order valence-electron chi connectivity index (χ0n) is 20.1. The summed E-state index contributed by atoms with van der Waals surface area (Å²) in [5, 5.41) is 10.2. The lowest BCUT2D eigenvalue weighted by Crippen LogP contribution is -2.59. The number of carbonyl (C=O) groups is 6. The van der Waals surface area contributed by atoms with Crippen LogP contribution in [0.4, 0.5) is 0 Å². The van der Waals surface area contributed by atoms with E-state index in [-0.39, 0.29) is 5.91 Å². The summed E-state index contributed by atoms with van der Waals surface area (Å²) in [6.45, 7) is 6.71. The van der Waals surface area contributed by atoms with E-state index in [1.807, 2.05) is 0 Å². The Morgan fingerprint density at radius 1 is 0.529 bits per heavy atom. The molecule has 0 aromatic rings. The van der Waals surface area contributed by atoms with Gasteiger partial charge in [-0.15, -0.1) is 0 Å². The fourth-order valence-electron chi connectivity index (χ4n) is 4.61. The van der Waals surface area contributed by atoms with Crippen LogP contribution in [0.3, 0.4) is 0 Å². The molecule has 34 heavy (non-hydrogen) atoms. The third-order valence-electron chi connectivity index (χ3n) is 6.64. The van der Waals surface area contributed by atoms with Gasteiger partial charge in [-0.25, -0.2) is 0 Å². The molecule has 12 nitrogen and oxygen atoms in total. The standard InChI is InChI=1S/C22H34N6O6/c1-11-17(29)24-12(2)19(31)26-14(4)21(33)28-10-6-8-16(28)22(34)27-9-5-7-15(27)20(32)25-13(3)18(30)23-11/h11-16H,5-10H2,1-4H3,(H,23,30)(H,24,29)(H,25,32)(H,26,31)/t11-,12-,13-,14-,15+,16+/m0/s1. The molecular formula is C22H34N6O6. The maximum absolute atomic E-state index is 13.4. The zero-order chi connectivity index (χ0) is 25.2. The van der Waals surface area contributed by atoms with Crippen LogP contribution in [0.25, 0.3) is 0 Å². The quantitative estimate of drug-likeness (QED) is 0.315. The molecule has 0 radical (unpaired) electrons. The Morgan fingerprint density at radius 3 is 1.41 bits per heavy atom. The average Bonchev–Trinajstić information content (AvgIpc) is 3.47. The molecule has 3 saturated heterocycles. The number of hydrogen-bond donors (Lipinski definition) is 4. The minimum absolute atomic E-state index is 0.297. The summed E-state index contributed by atoms with van der Waals surface area (Å²) in [6.07, 6.45) is 2.19. The number of nitrogens with one attached hydrogen (secondary N) is 4.